The van der Waals surface area contributed by atoms with E-state index in [0.29, 0.717) is 25.1 Å². The molecule has 0 aromatic heterocycles. The highest BCUT2D eigenvalue weighted by Crippen LogP contribution is 2.15. The first-order valence-electron chi connectivity index (χ1n) is 10.8. The van der Waals surface area contributed by atoms with Crippen molar-refractivity contribution >= 4 is 11.8 Å². The minimum atomic E-state index is -0.0851. The largest absolute Gasteiger partial charge is 0.370 e. The number of rotatable bonds is 7. The van der Waals surface area contributed by atoms with E-state index in [1.165, 1.54) is 10.5 Å². The van der Waals surface area contributed by atoms with Gasteiger partial charge in [-0.1, -0.05) is 36.4 Å². The molecular weight excluding hydrogens is 378 g/mol. The van der Waals surface area contributed by atoms with Crippen LogP contribution in [0, 0.1) is 0 Å². The van der Waals surface area contributed by atoms with E-state index in [-0.39, 0.29) is 11.8 Å². The van der Waals surface area contributed by atoms with E-state index in [9.17, 15) is 9.59 Å². The van der Waals surface area contributed by atoms with Gasteiger partial charge >= 0.3 is 0 Å². The maximum absolute atomic E-state index is 12.8. The van der Waals surface area contributed by atoms with E-state index >= 15 is 0 Å². The zero-order chi connectivity index (χ0) is 20.8. The lowest BCUT2D eigenvalue weighted by Gasteiger charge is -2.24. The number of quaternary nitrogens is 1. The molecule has 0 spiro atoms. The van der Waals surface area contributed by atoms with E-state index in [4.69, 9.17) is 4.74 Å². The summed E-state index contributed by atoms with van der Waals surface area (Å²) in [6.45, 7) is 6.51. The minimum absolute atomic E-state index is 0.0851. The molecule has 2 N–H and O–H groups in total. The maximum Gasteiger partial charge on any atom is 0.251 e. The minimum Gasteiger partial charge on any atom is -0.370 e. The van der Waals surface area contributed by atoms with Crippen LogP contribution in [0.1, 0.15) is 39.9 Å². The van der Waals surface area contributed by atoms with E-state index < -0.39 is 0 Å². The Balaban J connectivity index is 1.37. The Morgan fingerprint density at radius 1 is 1.07 bits per heavy atom. The van der Waals surface area contributed by atoms with Crippen LogP contribution < -0.4 is 10.2 Å². The number of nitrogens with zero attached hydrogens (tertiary/aromatic N) is 1. The molecular formula is C24H30N3O3+. The molecule has 0 bridgehead atoms. The molecule has 2 heterocycles. The van der Waals surface area contributed by atoms with Gasteiger partial charge in [-0.15, -0.1) is 0 Å². The van der Waals surface area contributed by atoms with Crippen LogP contribution in [0.3, 0.4) is 0 Å². The molecule has 158 valence electrons. The number of amides is 2. The number of likely N-dealkylation sites (tertiary alicyclic amines) is 1. The highest BCUT2D eigenvalue weighted by Gasteiger charge is 2.20. The van der Waals surface area contributed by atoms with Crippen LogP contribution in [-0.2, 0) is 29.2 Å². The van der Waals surface area contributed by atoms with Crippen LogP contribution in [0.2, 0.25) is 0 Å². The summed E-state index contributed by atoms with van der Waals surface area (Å²) in [5, 5.41) is 3.07. The van der Waals surface area contributed by atoms with Crippen molar-refractivity contribution in [2.45, 2.75) is 32.5 Å². The van der Waals surface area contributed by atoms with Crippen molar-refractivity contribution in [1.82, 2.24) is 10.2 Å². The molecule has 2 amide bonds. The maximum atomic E-state index is 12.8. The Morgan fingerprint density at radius 2 is 1.87 bits per heavy atom. The Kier molecular flexibility index (Phi) is 6.77. The smallest absolute Gasteiger partial charge is 0.251 e. The summed E-state index contributed by atoms with van der Waals surface area (Å²) in [7, 11) is 0. The van der Waals surface area contributed by atoms with Crippen molar-refractivity contribution in [2.75, 3.05) is 32.8 Å². The second-order valence-electron chi connectivity index (χ2n) is 8.11. The number of carbonyl (C=O) groups is 2. The van der Waals surface area contributed by atoms with Crippen LogP contribution in [-0.4, -0.2) is 49.6 Å². The quantitative estimate of drug-likeness (QED) is 0.723. The first-order chi connectivity index (χ1) is 14.7. The van der Waals surface area contributed by atoms with Crippen molar-refractivity contribution in [3.63, 3.8) is 0 Å². The molecule has 6 heteroatoms. The molecule has 2 aromatic carbocycles. The molecule has 2 aliphatic heterocycles. The van der Waals surface area contributed by atoms with Crippen LogP contribution in [0.25, 0.3) is 0 Å². The lowest BCUT2D eigenvalue weighted by Crippen LogP contribution is -3.12. The van der Waals surface area contributed by atoms with Crippen LogP contribution in [0.5, 0.6) is 0 Å². The molecule has 0 atom stereocenters. The van der Waals surface area contributed by atoms with Gasteiger partial charge in [-0.3, -0.25) is 9.59 Å². The standard InChI is InChI=1S/C24H29N3O3/c28-23-9-4-10-27(23)17-19-5-3-8-20(15-19)24(29)25-16-21-6-1-2-7-22(21)18-26-11-13-30-14-12-26/h1-3,5-8,15H,4,9-14,16-18H2,(H,25,29)/p+1. The van der Waals surface area contributed by atoms with E-state index in [2.05, 4.69) is 23.5 Å². The van der Waals surface area contributed by atoms with E-state index in [0.717, 1.165) is 56.9 Å². The normalized spacial score (nSPS) is 17.3. The zero-order valence-corrected chi connectivity index (χ0v) is 17.4. The number of hydrogen-bond donors (Lipinski definition) is 2. The van der Waals surface area contributed by atoms with E-state index in [1.54, 1.807) is 0 Å². The summed E-state index contributed by atoms with van der Waals surface area (Å²) >= 11 is 0. The molecule has 2 saturated heterocycles. The average Bonchev–Trinajstić information content (AvgIpc) is 3.18. The second-order valence-corrected chi connectivity index (χ2v) is 8.11. The van der Waals surface area contributed by atoms with Crippen molar-refractivity contribution in [1.29, 1.82) is 0 Å². The molecule has 6 nitrogen and oxygen atoms in total. The lowest BCUT2D eigenvalue weighted by molar-refractivity contribution is -0.921. The summed E-state index contributed by atoms with van der Waals surface area (Å²) in [6.07, 6.45) is 1.55. The van der Waals surface area contributed by atoms with Gasteiger partial charge in [-0.25, -0.2) is 0 Å². The molecule has 2 aliphatic rings. The lowest BCUT2D eigenvalue weighted by atomic mass is 10.1. The van der Waals surface area contributed by atoms with Crippen LogP contribution >= 0.6 is 0 Å². The van der Waals surface area contributed by atoms with Gasteiger partial charge in [0.25, 0.3) is 5.91 Å². The molecule has 2 fully saturated rings. The Labute approximate surface area is 177 Å². The van der Waals surface area contributed by atoms with Crippen molar-refractivity contribution in [3.05, 3.63) is 70.8 Å². The van der Waals surface area contributed by atoms with Gasteiger partial charge in [0, 0.05) is 37.2 Å². The summed E-state index contributed by atoms with van der Waals surface area (Å²) < 4.78 is 5.45. The van der Waals surface area contributed by atoms with E-state index in [1.807, 2.05) is 35.2 Å². The van der Waals surface area contributed by atoms with Crippen molar-refractivity contribution < 1.29 is 19.2 Å². The number of benzene rings is 2. The number of carbonyl (C=O) groups excluding carboxylic acids is 2. The summed E-state index contributed by atoms with van der Waals surface area (Å²) in [5.41, 5.74) is 4.06. The molecule has 0 radical (unpaired) electrons. The summed E-state index contributed by atoms with van der Waals surface area (Å²) in [6, 6.07) is 15.9. The first-order valence-corrected chi connectivity index (χ1v) is 10.8. The van der Waals surface area contributed by atoms with Crippen LogP contribution in [0.4, 0.5) is 0 Å². The predicted octanol–water partition coefficient (Wildman–Crippen LogP) is 1.15. The number of morpholine rings is 1. The van der Waals surface area contributed by atoms with Crippen LogP contribution in [0.15, 0.2) is 48.5 Å². The zero-order valence-electron chi connectivity index (χ0n) is 17.4. The Morgan fingerprint density at radius 3 is 2.63 bits per heavy atom. The third-order valence-corrected chi connectivity index (χ3v) is 5.93. The molecule has 0 aliphatic carbocycles. The third-order valence-electron chi connectivity index (χ3n) is 5.93. The Hall–Kier alpha value is -2.70. The topological polar surface area (TPSA) is 63.1 Å². The average molecular weight is 409 g/mol. The highest BCUT2D eigenvalue weighted by atomic mass is 16.5. The highest BCUT2D eigenvalue weighted by molar-refractivity contribution is 5.94. The predicted molar refractivity (Wildman–Crippen MR) is 114 cm³/mol. The monoisotopic (exact) mass is 408 g/mol. The molecule has 4 rings (SSSR count). The summed E-state index contributed by atoms with van der Waals surface area (Å²) in [5.74, 6) is 0.113. The number of hydrogen-bond acceptors (Lipinski definition) is 3. The fourth-order valence-electron chi connectivity index (χ4n) is 4.19. The van der Waals surface area contributed by atoms with Gasteiger partial charge < -0.3 is 19.9 Å². The van der Waals surface area contributed by atoms with Gasteiger partial charge in [0.1, 0.15) is 19.6 Å². The SMILES string of the molecule is O=C(NCc1ccccc1C[NH+]1CCOCC1)c1cccc(CN2CCCC2=O)c1. The van der Waals surface area contributed by atoms with Gasteiger partial charge in [-0.2, -0.15) is 0 Å². The Bertz CT molecular complexity index is 893. The number of nitrogens with one attached hydrogen (secondary N) is 2. The van der Waals surface area contributed by atoms with Crippen molar-refractivity contribution in [3.8, 4) is 0 Å². The number of ether oxygens (including phenoxy) is 1. The summed E-state index contributed by atoms with van der Waals surface area (Å²) in [4.78, 5) is 28.0. The van der Waals surface area contributed by atoms with Gasteiger partial charge in [0.15, 0.2) is 0 Å². The molecule has 30 heavy (non-hydrogen) atoms. The fourth-order valence-corrected chi connectivity index (χ4v) is 4.19. The van der Waals surface area contributed by atoms with Gasteiger partial charge in [0.05, 0.1) is 13.2 Å². The van der Waals surface area contributed by atoms with Crippen molar-refractivity contribution in [2.24, 2.45) is 0 Å². The third kappa shape index (κ3) is 5.26. The first kappa shape index (κ1) is 20.6. The van der Waals surface area contributed by atoms with Gasteiger partial charge in [-0.05, 0) is 29.7 Å². The molecule has 2 aromatic rings. The fraction of sp³-hybridized carbons (Fsp3) is 0.417. The molecule has 0 saturated carbocycles. The second kappa shape index (κ2) is 9.87. The molecule has 0 unspecified atom stereocenters. The van der Waals surface area contributed by atoms with Gasteiger partial charge in [0.2, 0.25) is 5.91 Å².